The molecule has 0 aromatic heterocycles. The van der Waals surface area contributed by atoms with Gasteiger partial charge in [0.1, 0.15) is 73.2 Å². The van der Waals surface area contributed by atoms with E-state index in [0.717, 1.165) is 44.9 Å². The molecule has 0 radical (unpaired) electrons. The van der Waals surface area contributed by atoms with Crippen LogP contribution >= 0.6 is 0 Å². The van der Waals surface area contributed by atoms with Gasteiger partial charge < -0.3 is 89.9 Å². The molecule has 3 saturated heterocycles. The summed E-state index contributed by atoms with van der Waals surface area (Å²) >= 11 is 0. The van der Waals surface area contributed by atoms with E-state index in [9.17, 15) is 61.0 Å². The van der Waals surface area contributed by atoms with Crippen LogP contribution in [0.25, 0.3) is 0 Å². The van der Waals surface area contributed by atoms with Crippen LogP contribution in [0.3, 0.4) is 0 Å². The quantitative estimate of drug-likeness (QED) is 0.0199. The summed E-state index contributed by atoms with van der Waals surface area (Å²) in [6.45, 7) is 1.76. The van der Waals surface area contributed by atoms with Gasteiger partial charge in [-0.05, 0) is 64.2 Å². The Morgan fingerprint density at radius 3 is 1.01 bits per heavy atom. The molecule has 3 rings (SSSR count). The van der Waals surface area contributed by atoms with Gasteiger partial charge in [0.2, 0.25) is 5.91 Å². The standard InChI is InChI=1S/C86H159NO18/c1-3-5-7-9-11-13-15-17-19-21-23-25-27-29-30-31-32-33-34-35-36-37-38-40-42-44-46-48-50-52-54-56-58-60-62-64-74(92)87-69(70(91)63-61-59-57-55-53-51-49-47-45-43-41-39-28-26-24-22-20-18-16-14-12-10-8-6-4-2)68-100-84-80(98)77(95)82(72(66-89)102-84)105-86-81(99)78(96)83(73(67-90)103-86)104-85-79(97)76(94)75(93)71(65-88)101-85/h15,17,21,23,53,55,61,63,69-73,75-86,88-91,93-99H,3-14,16,18-20,22,24-52,54,56-60,62,64-68H2,1-2H3,(H,87,92)/b17-15-,23-21-,55-53+,63-61+. The van der Waals surface area contributed by atoms with Crippen LogP contribution in [-0.4, -0.2) is 193 Å². The Morgan fingerprint density at radius 2 is 0.638 bits per heavy atom. The van der Waals surface area contributed by atoms with Crippen molar-refractivity contribution >= 4 is 5.91 Å². The molecule has 0 aromatic rings. The zero-order chi connectivity index (χ0) is 76.0. The van der Waals surface area contributed by atoms with Crippen molar-refractivity contribution in [3.05, 3.63) is 48.6 Å². The first-order valence-electron chi connectivity index (χ1n) is 43.4. The highest BCUT2D eigenvalue weighted by Gasteiger charge is 2.54. The molecule has 0 aromatic carbocycles. The molecule has 0 saturated carbocycles. The molecule has 3 aliphatic heterocycles. The number of carbonyl (C=O) groups excluding carboxylic acids is 1. The highest BCUT2D eigenvalue weighted by atomic mass is 16.8. The first-order valence-corrected chi connectivity index (χ1v) is 43.4. The minimum atomic E-state index is -1.98. The number of carbonyl (C=O) groups is 1. The monoisotopic (exact) mass is 1490 g/mol. The Balaban J connectivity index is 1.34. The summed E-state index contributed by atoms with van der Waals surface area (Å²) in [7, 11) is 0. The van der Waals surface area contributed by atoms with E-state index in [1.807, 2.05) is 6.08 Å². The van der Waals surface area contributed by atoms with Crippen LogP contribution in [0, 0.1) is 0 Å². The normalized spacial score (nSPS) is 26.0. The fourth-order valence-corrected chi connectivity index (χ4v) is 14.7. The zero-order valence-corrected chi connectivity index (χ0v) is 66.2. The van der Waals surface area contributed by atoms with E-state index in [1.54, 1.807) is 6.08 Å². The van der Waals surface area contributed by atoms with Crippen molar-refractivity contribution in [2.75, 3.05) is 26.4 Å². The Morgan fingerprint density at radius 1 is 0.343 bits per heavy atom. The third-order valence-electron chi connectivity index (χ3n) is 21.6. The average Bonchev–Trinajstić information content (AvgIpc) is 0.781. The van der Waals surface area contributed by atoms with E-state index in [2.05, 4.69) is 55.6 Å². The molecule has 19 nitrogen and oxygen atoms in total. The van der Waals surface area contributed by atoms with Crippen LogP contribution in [0.5, 0.6) is 0 Å². The molecule has 616 valence electrons. The molecule has 17 unspecified atom stereocenters. The molecule has 0 spiro atoms. The lowest BCUT2D eigenvalue weighted by Gasteiger charge is -2.48. The van der Waals surface area contributed by atoms with Gasteiger partial charge in [0.05, 0.1) is 38.6 Å². The van der Waals surface area contributed by atoms with Crippen molar-refractivity contribution in [3.63, 3.8) is 0 Å². The Hall–Kier alpha value is -2.25. The van der Waals surface area contributed by atoms with E-state index >= 15 is 0 Å². The number of hydrogen-bond acceptors (Lipinski definition) is 18. The number of amides is 1. The van der Waals surface area contributed by atoms with Crippen molar-refractivity contribution in [2.45, 2.75) is 465 Å². The summed E-state index contributed by atoms with van der Waals surface area (Å²) in [6, 6.07) is -0.991. The fraction of sp³-hybridized carbons (Fsp3) is 0.895. The maximum absolute atomic E-state index is 13.5. The van der Waals surface area contributed by atoms with E-state index in [1.165, 1.54) is 283 Å². The number of ether oxygens (including phenoxy) is 6. The summed E-state index contributed by atoms with van der Waals surface area (Å²) in [4.78, 5) is 13.5. The molecule has 3 aliphatic rings. The molecule has 1 amide bonds. The number of hydrogen-bond donors (Lipinski definition) is 12. The minimum Gasteiger partial charge on any atom is -0.394 e. The van der Waals surface area contributed by atoms with Gasteiger partial charge >= 0.3 is 0 Å². The average molecular weight is 1500 g/mol. The van der Waals surface area contributed by atoms with Gasteiger partial charge in [-0.15, -0.1) is 0 Å². The lowest BCUT2D eigenvalue weighted by atomic mass is 9.96. The fourth-order valence-electron chi connectivity index (χ4n) is 14.7. The second-order valence-electron chi connectivity index (χ2n) is 31.0. The predicted octanol–water partition coefficient (Wildman–Crippen LogP) is 15.6. The summed E-state index contributed by atoms with van der Waals surface area (Å²) in [5.74, 6) is -0.278. The molecule has 19 heteroatoms. The van der Waals surface area contributed by atoms with Crippen molar-refractivity contribution in [2.24, 2.45) is 0 Å². The predicted molar refractivity (Wildman–Crippen MR) is 420 cm³/mol. The van der Waals surface area contributed by atoms with Crippen molar-refractivity contribution < 1.29 is 89.4 Å². The molecule has 3 heterocycles. The maximum Gasteiger partial charge on any atom is 0.220 e. The van der Waals surface area contributed by atoms with Crippen LogP contribution in [0.15, 0.2) is 48.6 Å². The van der Waals surface area contributed by atoms with Gasteiger partial charge in [-0.25, -0.2) is 0 Å². The van der Waals surface area contributed by atoms with Crippen molar-refractivity contribution in [1.82, 2.24) is 5.32 Å². The number of rotatable bonds is 70. The SMILES string of the molecule is CCCCCCC/C=C\C/C=C\CCCCCCCCCCCCCCCCCCCCCCCCCC(=O)NC(COC1OC(CO)C(OC2OC(CO)C(OC3OC(CO)C(O)C(O)C3O)C(O)C2O)C(O)C1O)C(O)/C=C/CC/C=C/CCCCCCCCCCCCCCCCCCCCC. The lowest BCUT2D eigenvalue weighted by Crippen LogP contribution is -2.66. The van der Waals surface area contributed by atoms with Crippen LogP contribution in [0.2, 0.25) is 0 Å². The second-order valence-corrected chi connectivity index (χ2v) is 31.0. The summed E-state index contributed by atoms with van der Waals surface area (Å²) < 4.78 is 34.5. The van der Waals surface area contributed by atoms with Gasteiger partial charge in [-0.1, -0.05) is 339 Å². The minimum absolute atomic E-state index is 0.239. The number of unbranched alkanes of at least 4 members (excludes halogenated alkanes) is 48. The largest absolute Gasteiger partial charge is 0.394 e. The van der Waals surface area contributed by atoms with Gasteiger partial charge in [-0.2, -0.15) is 0 Å². The van der Waals surface area contributed by atoms with Gasteiger partial charge in [0, 0.05) is 6.42 Å². The Bertz CT molecular complexity index is 2080. The van der Waals surface area contributed by atoms with Crippen LogP contribution in [-0.2, 0) is 33.2 Å². The molecule has 3 fully saturated rings. The van der Waals surface area contributed by atoms with E-state index in [-0.39, 0.29) is 18.9 Å². The number of aliphatic hydroxyl groups excluding tert-OH is 11. The highest BCUT2D eigenvalue weighted by Crippen LogP contribution is 2.33. The molecule has 0 bridgehead atoms. The number of nitrogens with one attached hydrogen (secondary N) is 1. The van der Waals surface area contributed by atoms with E-state index in [0.29, 0.717) is 12.8 Å². The topological polar surface area (TPSA) is 307 Å². The molecule has 105 heavy (non-hydrogen) atoms. The van der Waals surface area contributed by atoms with Gasteiger partial charge in [0.15, 0.2) is 18.9 Å². The highest BCUT2D eigenvalue weighted by molar-refractivity contribution is 5.76. The van der Waals surface area contributed by atoms with E-state index < -0.39 is 124 Å². The van der Waals surface area contributed by atoms with Crippen LogP contribution in [0.4, 0.5) is 0 Å². The first-order chi connectivity index (χ1) is 51.3. The Labute approximate surface area is 637 Å². The molecule has 0 aliphatic carbocycles. The lowest BCUT2D eigenvalue weighted by molar-refractivity contribution is -0.379. The third kappa shape index (κ3) is 45.8. The molecule has 12 N–H and O–H groups in total. The summed E-state index contributed by atoms with van der Waals surface area (Å²) in [6.07, 6.45) is 58.3. The van der Waals surface area contributed by atoms with Gasteiger partial charge in [0.25, 0.3) is 0 Å². The number of aliphatic hydroxyl groups is 11. The van der Waals surface area contributed by atoms with Crippen molar-refractivity contribution in [3.8, 4) is 0 Å². The first kappa shape index (κ1) is 96.9. The molecular weight excluding hydrogens is 1330 g/mol. The van der Waals surface area contributed by atoms with Gasteiger partial charge in [-0.3, -0.25) is 4.79 Å². The van der Waals surface area contributed by atoms with Crippen LogP contribution in [0.1, 0.15) is 361 Å². The summed E-state index contributed by atoms with van der Waals surface area (Å²) in [5, 5.41) is 121. The van der Waals surface area contributed by atoms with Crippen molar-refractivity contribution in [1.29, 1.82) is 0 Å². The third-order valence-corrected chi connectivity index (χ3v) is 21.6. The number of allylic oxidation sites excluding steroid dienone is 7. The smallest absolute Gasteiger partial charge is 0.220 e. The van der Waals surface area contributed by atoms with Crippen LogP contribution < -0.4 is 5.32 Å². The zero-order valence-electron chi connectivity index (χ0n) is 66.2. The maximum atomic E-state index is 13.5. The molecular formula is C86H159NO18. The second kappa shape index (κ2) is 66.4. The summed E-state index contributed by atoms with van der Waals surface area (Å²) in [5.41, 5.74) is 0. The molecule has 17 atom stereocenters. The Kier molecular flexibility index (Phi) is 61.3. The van der Waals surface area contributed by atoms with E-state index in [4.69, 9.17) is 28.4 Å².